The number of aromatic nitrogens is 1. The van der Waals surface area contributed by atoms with Crippen LogP contribution in [0.4, 0.5) is 5.69 Å². The molecule has 0 amide bonds. The third-order valence-corrected chi connectivity index (χ3v) is 6.68. The number of benzene rings is 2. The zero-order valence-corrected chi connectivity index (χ0v) is 21.7. The van der Waals surface area contributed by atoms with Crippen molar-refractivity contribution in [2.24, 2.45) is 0 Å². The normalized spacial score (nSPS) is 14.6. The number of anilines is 1. The summed E-state index contributed by atoms with van der Waals surface area (Å²) in [5, 5.41) is 12.0. The second-order valence-electron chi connectivity index (χ2n) is 10.4. The van der Waals surface area contributed by atoms with Gasteiger partial charge in [-0.05, 0) is 64.3 Å². The molecule has 0 saturated carbocycles. The summed E-state index contributed by atoms with van der Waals surface area (Å²) >= 11 is 0. The number of nitrogens with zero attached hydrogens (tertiary/aromatic N) is 2. The van der Waals surface area contributed by atoms with Crippen molar-refractivity contribution in [3.63, 3.8) is 0 Å². The van der Waals surface area contributed by atoms with Crippen LogP contribution in [0.1, 0.15) is 49.3 Å². The molecule has 1 N–H and O–H groups in total. The van der Waals surface area contributed by atoms with Crippen molar-refractivity contribution in [3.05, 3.63) is 65.1 Å². The number of rotatable bonds is 7. The summed E-state index contributed by atoms with van der Waals surface area (Å²) in [6.45, 7) is 19.7. The van der Waals surface area contributed by atoms with E-state index < -0.39 is 11.7 Å². The lowest BCUT2D eigenvalue weighted by molar-refractivity contribution is -0.0594. The van der Waals surface area contributed by atoms with E-state index >= 15 is 0 Å². The fourth-order valence-electron chi connectivity index (χ4n) is 5.20. The summed E-state index contributed by atoms with van der Waals surface area (Å²) in [4.78, 5) is 2.41. The third-order valence-electron chi connectivity index (χ3n) is 6.68. The van der Waals surface area contributed by atoms with E-state index in [1.165, 1.54) is 27.8 Å². The standard InChI is InChI=1S/C29H38N2O3/c1-18-9-11-22(12-10-18)25-23-17-19(2)31-14-13-30(15-16-33-8)26(27(23)31)20(3)24(25)28(21(4)32)34-29(5,6)7/h9-12,17,28,32H,4,13-16H2,1-3,5-8H3/t28-/m1/s1. The quantitative estimate of drug-likeness (QED) is 0.401. The van der Waals surface area contributed by atoms with E-state index in [0.717, 1.165) is 41.9 Å². The predicted molar refractivity (Wildman–Crippen MR) is 141 cm³/mol. The fourth-order valence-corrected chi connectivity index (χ4v) is 5.20. The van der Waals surface area contributed by atoms with Gasteiger partial charge in [0.2, 0.25) is 0 Å². The third kappa shape index (κ3) is 4.35. The molecular formula is C29H38N2O3. The smallest absolute Gasteiger partial charge is 0.140 e. The maximum absolute atomic E-state index is 10.8. The van der Waals surface area contributed by atoms with Crippen molar-refractivity contribution in [3.8, 4) is 11.1 Å². The SMILES string of the molecule is C=C(O)[C@@H](OC(C)(C)C)c1c(C)c2c3c(cc(C)n3CCN2CCOC)c1-c1ccc(C)cc1. The van der Waals surface area contributed by atoms with E-state index in [9.17, 15) is 5.11 Å². The van der Waals surface area contributed by atoms with Crippen LogP contribution >= 0.6 is 0 Å². The number of ether oxygens (including phenoxy) is 2. The molecule has 5 nitrogen and oxygen atoms in total. The molecule has 1 aliphatic rings. The van der Waals surface area contributed by atoms with Crippen molar-refractivity contribution < 1.29 is 14.6 Å². The first kappa shape index (κ1) is 24.4. The Morgan fingerprint density at radius 3 is 2.38 bits per heavy atom. The Hall–Kier alpha value is -2.76. The first-order valence-electron chi connectivity index (χ1n) is 12.1. The van der Waals surface area contributed by atoms with Crippen molar-refractivity contribution >= 4 is 16.6 Å². The summed E-state index contributed by atoms with van der Waals surface area (Å²) < 4.78 is 14.3. The van der Waals surface area contributed by atoms with E-state index in [1.807, 2.05) is 20.8 Å². The molecule has 0 aliphatic carbocycles. The topological polar surface area (TPSA) is 46.9 Å². The monoisotopic (exact) mass is 462 g/mol. The average Bonchev–Trinajstić information content (AvgIpc) is 3.10. The van der Waals surface area contributed by atoms with E-state index in [0.29, 0.717) is 6.61 Å². The van der Waals surface area contributed by atoms with Crippen LogP contribution in [0.2, 0.25) is 0 Å². The molecular weight excluding hydrogens is 424 g/mol. The number of aliphatic hydroxyl groups is 1. The molecule has 182 valence electrons. The van der Waals surface area contributed by atoms with Crippen LogP contribution in [-0.2, 0) is 16.0 Å². The van der Waals surface area contributed by atoms with E-state index in [4.69, 9.17) is 9.47 Å². The molecule has 5 heteroatoms. The summed E-state index contributed by atoms with van der Waals surface area (Å²) in [5.74, 6) is 0.0216. The number of aliphatic hydroxyl groups excluding tert-OH is 1. The van der Waals surface area contributed by atoms with Crippen molar-refractivity contribution in [2.75, 3.05) is 31.7 Å². The minimum Gasteiger partial charge on any atom is -0.510 e. The van der Waals surface area contributed by atoms with Gasteiger partial charge in [-0.15, -0.1) is 0 Å². The lowest BCUT2D eigenvalue weighted by Gasteiger charge is -2.36. The lowest BCUT2D eigenvalue weighted by atomic mass is 9.86. The minimum absolute atomic E-state index is 0.0216. The molecule has 0 saturated heterocycles. The largest absolute Gasteiger partial charge is 0.510 e. The van der Waals surface area contributed by atoms with Gasteiger partial charge in [0.1, 0.15) is 11.9 Å². The molecule has 0 radical (unpaired) electrons. The number of hydrogen-bond donors (Lipinski definition) is 1. The highest BCUT2D eigenvalue weighted by molar-refractivity contribution is 6.06. The van der Waals surface area contributed by atoms with Gasteiger partial charge in [-0.1, -0.05) is 36.4 Å². The van der Waals surface area contributed by atoms with Crippen molar-refractivity contribution in [2.45, 2.75) is 59.8 Å². The minimum atomic E-state index is -0.646. The van der Waals surface area contributed by atoms with Crippen LogP contribution in [0.15, 0.2) is 42.7 Å². The van der Waals surface area contributed by atoms with Gasteiger partial charge >= 0.3 is 0 Å². The fraction of sp³-hybridized carbons (Fsp3) is 0.448. The summed E-state index contributed by atoms with van der Waals surface area (Å²) in [5.41, 5.74) is 8.75. The van der Waals surface area contributed by atoms with Gasteiger partial charge in [-0.2, -0.15) is 0 Å². The van der Waals surface area contributed by atoms with E-state index in [1.54, 1.807) is 7.11 Å². The van der Waals surface area contributed by atoms with E-state index in [2.05, 4.69) is 67.1 Å². The first-order valence-corrected chi connectivity index (χ1v) is 12.1. The van der Waals surface area contributed by atoms with Crippen molar-refractivity contribution in [1.29, 1.82) is 0 Å². The van der Waals surface area contributed by atoms with Crippen LogP contribution in [0.5, 0.6) is 0 Å². The highest BCUT2D eigenvalue weighted by atomic mass is 16.5. The van der Waals surface area contributed by atoms with Crippen LogP contribution in [0.3, 0.4) is 0 Å². The predicted octanol–water partition coefficient (Wildman–Crippen LogP) is 6.63. The van der Waals surface area contributed by atoms with Crippen molar-refractivity contribution in [1.82, 2.24) is 4.57 Å². The molecule has 1 aliphatic heterocycles. The van der Waals surface area contributed by atoms with Crippen LogP contribution in [0.25, 0.3) is 22.0 Å². The van der Waals surface area contributed by atoms with Gasteiger partial charge in [0, 0.05) is 43.4 Å². The second kappa shape index (κ2) is 9.12. The number of hydrogen-bond acceptors (Lipinski definition) is 4. The van der Waals surface area contributed by atoms with Gasteiger partial charge in [-0.3, -0.25) is 0 Å². The molecule has 1 aromatic heterocycles. The second-order valence-corrected chi connectivity index (χ2v) is 10.4. The number of aryl methyl sites for hydroxylation is 2. The maximum Gasteiger partial charge on any atom is 0.140 e. The Kier molecular flexibility index (Phi) is 6.54. The van der Waals surface area contributed by atoms with Crippen LogP contribution < -0.4 is 4.90 Å². The average molecular weight is 463 g/mol. The van der Waals surface area contributed by atoms with Crippen LogP contribution in [-0.4, -0.2) is 42.1 Å². The van der Waals surface area contributed by atoms with Gasteiger partial charge < -0.3 is 24.0 Å². The van der Waals surface area contributed by atoms with Crippen LogP contribution in [0, 0.1) is 20.8 Å². The number of methoxy groups -OCH3 is 1. The van der Waals surface area contributed by atoms with Gasteiger partial charge in [0.15, 0.2) is 0 Å². The summed E-state index contributed by atoms with van der Waals surface area (Å²) in [6, 6.07) is 10.9. The molecule has 2 aromatic carbocycles. The van der Waals surface area contributed by atoms with Gasteiger partial charge in [-0.25, -0.2) is 0 Å². The highest BCUT2D eigenvalue weighted by Gasteiger charge is 2.33. The molecule has 0 unspecified atom stereocenters. The molecule has 3 aromatic rings. The molecule has 1 atom stereocenters. The van der Waals surface area contributed by atoms with Gasteiger partial charge in [0.25, 0.3) is 0 Å². The Morgan fingerprint density at radius 1 is 1.12 bits per heavy atom. The zero-order chi connectivity index (χ0) is 24.8. The molecule has 0 bridgehead atoms. The summed E-state index contributed by atoms with van der Waals surface area (Å²) in [6.07, 6.45) is -0.646. The first-order chi connectivity index (χ1) is 16.0. The molecule has 0 fully saturated rings. The molecule has 2 heterocycles. The Bertz CT molecular complexity index is 1220. The molecule has 34 heavy (non-hydrogen) atoms. The Labute approximate surface area is 203 Å². The Balaban J connectivity index is 2.12. The zero-order valence-electron chi connectivity index (χ0n) is 21.7. The summed E-state index contributed by atoms with van der Waals surface area (Å²) in [7, 11) is 1.74. The maximum atomic E-state index is 10.8. The molecule has 4 rings (SSSR count). The highest BCUT2D eigenvalue weighted by Crippen LogP contribution is 2.48. The van der Waals surface area contributed by atoms with Gasteiger partial charge in [0.05, 0.1) is 23.4 Å². The lowest BCUT2D eigenvalue weighted by Crippen LogP contribution is -2.35. The Morgan fingerprint density at radius 2 is 1.79 bits per heavy atom. The van der Waals surface area contributed by atoms with E-state index in [-0.39, 0.29) is 5.76 Å². The molecule has 0 spiro atoms.